The molecule has 10 heteroatoms. The Morgan fingerprint density at radius 1 is 1.35 bits per heavy atom. The molecule has 3 aromatic heterocycles. The number of anilines is 2. The molecular formula is C21H18N8O2. The van der Waals surface area contributed by atoms with E-state index < -0.39 is 5.69 Å². The number of rotatable bonds is 4. The highest BCUT2D eigenvalue weighted by molar-refractivity contribution is 5.63. The minimum Gasteiger partial charge on any atom is -0.493 e. The summed E-state index contributed by atoms with van der Waals surface area (Å²) in [5, 5.41) is 18.4. The van der Waals surface area contributed by atoms with Crippen LogP contribution in [-0.2, 0) is 7.05 Å². The number of aromatic hydroxyl groups is 1. The van der Waals surface area contributed by atoms with E-state index >= 15 is 0 Å². The van der Waals surface area contributed by atoms with Crippen LogP contribution in [0.25, 0.3) is 16.6 Å². The van der Waals surface area contributed by atoms with Crippen molar-refractivity contribution in [3.05, 3.63) is 74.8 Å². The number of imidazole rings is 1. The van der Waals surface area contributed by atoms with Crippen LogP contribution in [0.15, 0.2) is 46.3 Å². The first-order valence-corrected chi connectivity index (χ1v) is 9.69. The minimum absolute atomic E-state index is 0.165. The van der Waals surface area contributed by atoms with E-state index in [0.29, 0.717) is 27.9 Å². The maximum absolute atomic E-state index is 11.8. The lowest BCUT2D eigenvalue weighted by Crippen LogP contribution is -2.19. The zero-order valence-electron chi connectivity index (χ0n) is 16.6. The van der Waals surface area contributed by atoms with E-state index in [1.807, 2.05) is 18.2 Å². The fraction of sp³-hybridized carbons (Fsp3) is 0.190. The van der Waals surface area contributed by atoms with Crippen LogP contribution in [0.3, 0.4) is 0 Å². The molecule has 1 aliphatic carbocycles. The second kappa shape index (κ2) is 7.14. The first-order chi connectivity index (χ1) is 15.0. The Morgan fingerprint density at radius 3 is 2.77 bits per heavy atom. The lowest BCUT2D eigenvalue weighted by atomic mass is 10.3. The second-order valence-corrected chi connectivity index (χ2v) is 7.35. The molecule has 0 spiro atoms. The molecule has 0 unspecified atom stereocenters. The van der Waals surface area contributed by atoms with Gasteiger partial charge in [0, 0.05) is 24.0 Å². The molecule has 3 heterocycles. The summed E-state index contributed by atoms with van der Waals surface area (Å²) in [6.07, 6.45) is 5.34. The van der Waals surface area contributed by atoms with Gasteiger partial charge in [-0.1, -0.05) is 12.1 Å². The standard InChI is InChI=1S/C21H18N8O2/c1-22-13-3-5-14(6-4-13)24-17-10-18(25-15-7-8-15)29-19(27-17)12(11-23-29)9-16-20(30)28(2)21(31)26-16/h3-6,9-11,15,24,30H,7-8H2,2H3,(H,26,31)/b12-9-,25-18?. The Hall–Kier alpha value is -4.39. The fourth-order valence-corrected chi connectivity index (χ4v) is 3.17. The topological polar surface area (TPSA) is 117 Å². The SMILES string of the molecule is [C-]#[N+]c1ccc(Nc2cc(=NC3CC3)n3nc/c(=C/c4[nH]c(=O)n(C)c4O)c3n2)cc1. The molecule has 0 bridgehead atoms. The normalized spacial score (nSPS) is 14.8. The van der Waals surface area contributed by atoms with Crippen LogP contribution in [0.1, 0.15) is 18.5 Å². The monoisotopic (exact) mass is 414 g/mol. The van der Waals surface area contributed by atoms with Crippen molar-refractivity contribution in [2.24, 2.45) is 12.0 Å². The van der Waals surface area contributed by atoms with Crippen molar-refractivity contribution in [1.29, 1.82) is 0 Å². The summed E-state index contributed by atoms with van der Waals surface area (Å²) in [5.41, 5.74) is 2.41. The number of aromatic amines is 1. The van der Waals surface area contributed by atoms with Crippen LogP contribution in [0.2, 0.25) is 0 Å². The Morgan fingerprint density at radius 2 is 2.13 bits per heavy atom. The summed E-state index contributed by atoms with van der Waals surface area (Å²) in [5.74, 6) is 0.407. The predicted molar refractivity (Wildman–Crippen MR) is 114 cm³/mol. The van der Waals surface area contributed by atoms with Crippen LogP contribution in [0.4, 0.5) is 17.2 Å². The molecule has 1 aliphatic rings. The quantitative estimate of drug-likeness (QED) is 0.436. The maximum atomic E-state index is 11.8. The molecule has 0 saturated heterocycles. The lowest BCUT2D eigenvalue weighted by Gasteiger charge is -2.06. The molecule has 0 amide bonds. The number of hydrogen-bond donors (Lipinski definition) is 3. The van der Waals surface area contributed by atoms with Crippen LogP contribution in [0.5, 0.6) is 5.88 Å². The van der Waals surface area contributed by atoms with Gasteiger partial charge < -0.3 is 15.4 Å². The van der Waals surface area contributed by atoms with E-state index in [9.17, 15) is 9.90 Å². The molecule has 5 rings (SSSR count). The number of fused-ring (bicyclic) bond motifs is 1. The fourth-order valence-electron chi connectivity index (χ4n) is 3.17. The molecule has 0 aliphatic heterocycles. The molecule has 154 valence electrons. The molecule has 0 radical (unpaired) electrons. The highest BCUT2D eigenvalue weighted by atomic mass is 16.3. The zero-order valence-corrected chi connectivity index (χ0v) is 16.6. The first kappa shape index (κ1) is 18.6. The Balaban J connectivity index is 1.66. The van der Waals surface area contributed by atoms with Gasteiger partial charge in [-0.2, -0.15) is 9.61 Å². The molecule has 1 aromatic carbocycles. The summed E-state index contributed by atoms with van der Waals surface area (Å²) in [6.45, 7) is 7.08. The summed E-state index contributed by atoms with van der Waals surface area (Å²) in [4.78, 5) is 27.2. The van der Waals surface area contributed by atoms with E-state index in [4.69, 9.17) is 11.6 Å². The third-order valence-corrected chi connectivity index (χ3v) is 5.02. The highest BCUT2D eigenvalue weighted by Gasteiger charge is 2.20. The smallest absolute Gasteiger partial charge is 0.328 e. The maximum Gasteiger partial charge on any atom is 0.328 e. The summed E-state index contributed by atoms with van der Waals surface area (Å²) < 4.78 is 2.77. The summed E-state index contributed by atoms with van der Waals surface area (Å²) in [6, 6.07) is 9.20. The van der Waals surface area contributed by atoms with Gasteiger partial charge in [0.1, 0.15) is 11.5 Å². The molecule has 4 aromatic rings. The third kappa shape index (κ3) is 3.53. The molecule has 0 atom stereocenters. The highest BCUT2D eigenvalue weighted by Crippen LogP contribution is 2.23. The average Bonchev–Trinajstić information content (AvgIpc) is 3.45. The molecule has 3 N–H and O–H groups in total. The zero-order chi connectivity index (χ0) is 21.5. The van der Waals surface area contributed by atoms with E-state index in [2.05, 4.69) is 25.2 Å². The van der Waals surface area contributed by atoms with Gasteiger partial charge in [-0.3, -0.25) is 9.56 Å². The van der Waals surface area contributed by atoms with Crippen LogP contribution in [0, 0.1) is 6.57 Å². The number of nitrogens with one attached hydrogen (secondary N) is 2. The predicted octanol–water partition coefficient (Wildman–Crippen LogP) is 1.37. The van der Waals surface area contributed by atoms with Crippen molar-refractivity contribution in [3.63, 3.8) is 0 Å². The molecule has 31 heavy (non-hydrogen) atoms. The summed E-state index contributed by atoms with van der Waals surface area (Å²) in [7, 11) is 1.48. The second-order valence-electron chi connectivity index (χ2n) is 7.35. The van der Waals surface area contributed by atoms with Gasteiger partial charge in [0.05, 0.1) is 18.8 Å². The summed E-state index contributed by atoms with van der Waals surface area (Å²) >= 11 is 0. The first-order valence-electron chi connectivity index (χ1n) is 9.69. The van der Waals surface area contributed by atoms with Gasteiger partial charge in [0.25, 0.3) is 0 Å². The van der Waals surface area contributed by atoms with Crippen molar-refractivity contribution < 1.29 is 5.11 Å². The van der Waals surface area contributed by atoms with E-state index in [1.54, 1.807) is 28.9 Å². The number of aromatic nitrogens is 5. The van der Waals surface area contributed by atoms with Crippen LogP contribution >= 0.6 is 0 Å². The van der Waals surface area contributed by atoms with Gasteiger partial charge in [-0.15, -0.1) is 0 Å². The van der Waals surface area contributed by atoms with Crippen LogP contribution < -0.4 is 21.7 Å². The Bertz CT molecular complexity index is 1520. The number of H-pyrrole nitrogens is 1. The molecular weight excluding hydrogens is 396 g/mol. The Labute approximate surface area is 175 Å². The van der Waals surface area contributed by atoms with Crippen molar-refractivity contribution in [1.82, 2.24) is 24.1 Å². The molecule has 10 nitrogen and oxygen atoms in total. The van der Waals surface area contributed by atoms with Gasteiger partial charge in [0.15, 0.2) is 16.8 Å². The lowest BCUT2D eigenvalue weighted by molar-refractivity contribution is 0.428. The van der Waals surface area contributed by atoms with Crippen molar-refractivity contribution >= 4 is 28.9 Å². The Kier molecular flexibility index (Phi) is 4.29. The van der Waals surface area contributed by atoms with Gasteiger partial charge in [0.2, 0.25) is 5.88 Å². The minimum atomic E-state index is -0.414. The van der Waals surface area contributed by atoms with Gasteiger partial charge in [-0.25, -0.2) is 14.6 Å². The largest absolute Gasteiger partial charge is 0.493 e. The van der Waals surface area contributed by atoms with Gasteiger partial charge in [-0.05, 0) is 31.1 Å². The number of hydrogen-bond acceptors (Lipinski definition) is 6. The molecule has 1 saturated carbocycles. The van der Waals surface area contributed by atoms with E-state index in [0.717, 1.165) is 23.1 Å². The van der Waals surface area contributed by atoms with Crippen LogP contribution in [-0.4, -0.2) is 35.3 Å². The van der Waals surface area contributed by atoms with Crippen molar-refractivity contribution in [2.75, 3.05) is 5.32 Å². The van der Waals surface area contributed by atoms with Crippen molar-refractivity contribution in [2.45, 2.75) is 18.9 Å². The number of benzene rings is 1. The van der Waals surface area contributed by atoms with E-state index in [-0.39, 0.29) is 17.6 Å². The van der Waals surface area contributed by atoms with Gasteiger partial charge >= 0.3 is 5.69 Å². The third-order valence-electron chi connectivity index (χ3n) is 5.02. The molecule has 1 fully saturated rings. The number of nitrogens with zero attached hydrogens (tertiary/aromatic N) is 6. The average molecular weight is 414 g/mol. The van der Waals surface area contributed by atoms with E-state index in [1.165, 1.54) is 7.05 Å². The van der Waals surface area contributed by atoms with Crippen molar-refractivity contribution in [3.8, 4) is 5.88 Å².